The fourth-order valence-corrected chi connectivity index (χ4v) is 2.52. The Balaban J connectivity index is 2.97. The highest BCUT2D eigenvalue weighted by molar-refractivity contribution is 5.42. The summed E-state index contributed by atoms with van der Waals surface area (Å²) in [6.07, 6.45) is 2.25. The molecule has 0 aliphatic rings. The van der Waals surface area contributed by atoms with Gasteiger partial charge < -0.3 is 15.0 Å². The summed E-state index contributed by atoms with van der Waals surface area (Å²) in [6.45, 7) is 9.03. The molecule has 0 unspecified atom stereocenters. The van der Waals surface area contributed by atoms with Crippen LogP contribution < -0.4 is 10.2 Å². The quantitative estimate of drug-likeness (QED) is 0.754. The zero-order chi connectivity index (χ0) is 15.0. The van der Waals surface area contributed by atoms with Gasteiger partial charge in [-0.15, -0.1) is 0 Å². The molecular weight excluding hydrogens is 250 g/mol. The highest BCUT2D eigenvalue weighted by atomic mass is 16.5. The van der Waals surface area contributed by atoms with Gasteiger partial charge in [-0.3, -0.25) is 0 Å². The standard InChI is InChI=1S/C16H29N3O/c1-6-15(7-2)19(10-11-20-5)16-9-8-14(12-17-4)13(3)18-16/h8-9,15,17H,6-7,10-12H2,1-5H3. The Hall–Kier alpha value is -1.13. The van der Waals surface area contributed by atoms with Crippen LogP contribution in [-0.4, -0.2) is 38.3 Å². The maximum Gasteiger partial charge on any atom is 0.129 e. The molecule has 0 radical (unpaired) electrons. The van der Waals surface area contributed by atoms with E-state index in [1.807, 2.05) is 7.05 Å². The number of nitrogens with one attached hydrogen (secondary N) is 1. The summed E-state index contributed by atoms with van der Waals surface area (Å²) in [7, 11) is 3.71. The predicted octanol–water partition coefficient (Wildman–Crippen LogP) is 2.75. The van der Waals surface area contributed by atoms with E-state index in [0.29, 0.717) is 6.04 Å². The van der Waals surface area contributed by atoms with Crippen molar-refractivity contribution in [1.82, 2.24) is 10.3 Å². The third-order valence-corrected chi connectivity index (χ3v) is 3.76. The number of hydrogen-bond acceptors (Lipinski definition) is 4. The van der Waals surface area contributed by atoms with E-state index in [2.05, 4.69) is 43.1 Å². The summed E-state index contributed by atoms with van der Waals surface area (Å²) in [5, 5.41) is 3.18. The summed E-state index contributed by atoms with van der Waals surface area (Å²) in [6, 6.07) is 4.83. The van der Waals surface area contributed by atoms with Gasteiger partial charge in [0.2, 0.25) is 0 Å². The minimum atomic E-state index is 0.521. The highest BCUT2D eigenvalue weighted by Crippen LogP contribution is 2.20. The molecule has 0 aliphatic heterocycles. The number of hydrogen-bond donors (Lipinski definition) is 1. The van der Waals surface area contributed by atoms with Crippen molar-refractivity contribution in [3.05, 3.63) is 23.4 Å². The second-order valence-electron chi connectivity index (χ2n) is 5.10. The van der Waals surface area contributed by atoms with Gasteiger partial charge in [0, 0.05) is 31.9 Å². The van der Waals surface area contributed by atoms with E-state index in [-0.39, 0.29) is 0 Å². The molecule has 114 valence electrons. The van der Waals surface area contributed by atoms with Crippen molar-refractivity contribution in [3.8, 4) is 0 Å². The van der Waals surface area contributed by atoms with Crippen LogP contribution >= 0.6 is 0 Å². The van der Waals surface area contributed by atoms with Gasteiger partial charge in [-0.2, -0.15) is 0 Å². The summed E-state index contributed by atoms with van der Waals surface area (Å²) in [5.74, 6) is 1.06. The molecule has 0 spiro atoms. The normalized spacial score (nSPS) is 11.1. The molecule has 4 nitrogen and oxygen atoms in total. The summed E-state index contributed by atoms with van der Waals surface area (Å²) in [5.41, 5.74) is 2.36. The first-order valence-electron chi connectivity index (χ1n) is 7.54. The van der Waals surface area contributed by atoms with Crippen molar-refractivity contribution < 1.29 is 4.74 Å². The van der Waals surface area contributed by atoms with Crippen LogP contribution in [0.3, 0.4) is 0 Å². The molecule has 0 fully saturated rings. The van der Waals surface area contributed by atoms with Crippen LogP contribution in [0.15, 0.2) is 12.1 Å². The molecule has 0 atom stereocenters. The topological polar surface area (TPSA) is 37.4 Å². The van der Waals surface area contributed by atoms with Gasteiger partial charge in [0.25, 0.3) is 0 Å². The molecule has 0 bridgehead atoms. The number of aryl methyl sites for hydroxylation is 1. The van der Waals surface area contributed by atoms with E-state index in [9.17, 15) is 0 Å². The number of ether oxygens (including phenoxy) is 1. The van der Waals surface area contributed by atoms with Gasteiger partial charge in [0.05, 0.1) is 6.61 Å². The molecule has 1 heterocycles. The number of anilines is 1. The van der Waals surface area contributed by atoms with Crippen LogP contribution in [0.4, 0.5) is 5.82 Å². The van der Waals surface area contributed by atoms with Crippen molar-refractivity contribution >= 4 is 5.82 Å². The summed E-state index contributed by atoms with van der Waals surface area (Å²) in [4.78, 5) is 7.17. The first-order chi connectivity index (χ1) is 9.67. The van der Waals surface area contributed by atoms with Crippen molar-refractivity contribution in [2.75, 3.05) is 32.2 Å². The maximum absolute atomic E-state index is 5.25. The van der Waals surface area contributed by atoms with E-state index in [1.165, 1.54) is 5.56 Å². The Bertz CT molecular complexity index is 391. The molecule has 0 saturated carbocycles. The average Bonchev–Trinajstić information content (AvgIpc) is 2.46. The maximum atomic E-state index is 5.25. The first-order valence-corrected chi connectivity index (χ1v) is 7.54. The van der Waals surface area contributed by atoms with Gasteiger partial charge in [-0.1, -0.05) is 19.9 Å². The van der Waals surface area contributed by atoms with Gasteiger partial charge >= 0.3 is 0 Å². The van der Waals surface area contributed by atoms with E-state index in [0.717, 1.165) is 44.0 Å². The van der Waals surface area contributed by atoms with E-state index in [4.69, 9.17) is 9.72 Å². The van der Waals surface area contributed by atoms with Gasteiger partial charge in [-0.05, 0) is 38.4 Å². The number of rotatable bonds is 9. The summed E-state index contributed by atoms with van der Waals surface area (Å²) < 4.78 is 5.25. The lowest BCUT2D eigenvalue weighted by Crippen LogP contribution is -2.37. The minimum Gasteiger partial charge on any atom is -0.383 e. The number of nitrogens with zero attached hydrogens (tertiary/aromatic N) is 2. The Morgan fingerprint density at radius 3 is 2.50 bits per heavy atom. The van der Waals surface area contributed by atoms with Gasteiger partial charge in [-0.25, -0.2) is 4.98 Å². The Kier molecular flexibility index (Phi) is 7.55. The Morgan fingerprint density at radius 2 is 2.00 bits per heavy atom. The Morgan fingerprint density at radius 1 is 1.30 bits per heavy atom. The third-order valence-electron chi connectivity index (χ3n) is 3.76. The van der Waals surface area contributed by atoms with Crippen LogP contribution in [0.25, 0.3) is 0 Å². The minimum absolute atomic E-state index is 0.521. The summed E-state index contributed by atoms with van der Waals surface area (Å²) >= 11 is 0. The zero-order valence-electron chi connectivity index (χ0n) is 13.6. The van der Waals surface area contributed by atoms with E-state index in [1.54, 1.807) is 7.11 Å². The lowest BCUT2D eigenvalue weighted by Gasteiger charge is -2.32. The number of aromatic nitrogens is 1. The van der Waals surface area contributed by atoms with Gasteiger partial charge in [0.1, 0.15) is 5.82 Å². The molecule has 0 aliphatic carbocycles. The van der Waals surface area contributed by atoms with Crippen molar-refractivity contribution in [3.63, 3.8) is 0 Å². The largest absolute Gasteiger partial charge is 0.383 e. The van der Waals surface area contributed by atoms with Crippen molar-refractivity contribution in [1.29, 1.82) is 0 Å². The molecule has 0 amide bonds. The highest BCUT2D eigenvalue weighted by Gasteiger charge is 2.17. The molecule has 4 heteroatoms. The molecule has 0 saturated heterocycles. The molecule has 1 rings (SSSR count). The van der Waals surface area contributed by atoms with Crippen LogP contribution in [0.2, 0.25) is 0 Å². The second-order valence-corrected chi connectivity index (χ2v) is 5.10. The Labute approximate surface area is 123 Å². The molecule has 1 aromatic rings. The fourth-order valence-electron chi connectivity index (χ4n) is 2.52. The molecular formula is C16H29N3O. The van der Waals surface area contributed by atoms with Crippen molar-refractivity contribution in [2.24, 2.45) is 0 Å². The number of methoxy groups -OCH3 is 1. The van der Waals surface area contributed by atoms with Crippen LogP contribution in [-0.2, 0) is 11.3 Å². The van der Waals surface area contributed by atoms with Crippen LogP contribution in [0.5, 0.6) is 0 Å². The zero-order valence-corrected chi connectivity index (χ0v) is 13.6. The SMILES string of the molecule is CCC(CC)N(CCOC)c1ccc(CNC)c(C)n1. The average molecular weight is 279 g/mol. The fraction of sp³-hybridized carbons (Fsp3) is 0.688. The molecule has 1 N–H and O–H groups in total. The van der Waals surface area contributed by atoms with E-state index < -0.39 is 0 Å². The predicted molar refractivity (Wildman–Crippen MR) is 85.3 cm³/mol. The number of pyridine rings is 1. The monoisotopic (exact) mass is 279 g/mol. The molecule has 1 aromatic heterocycles. The lowest BCUT2D eigenvalue weighted by atomic mass is 10.1. The first kappa shape index (κ1) is 16.9. The van der Waals surface area contributed by atoms with Crippen LogP contribution in [0.1, 0.15) is 37.9 Å². The van der Waals surface area contributed by atoms with Gasteiger partial charge in [0.15, 0.2) is 0 Å². The van der Waals surface area contributed by atoms with E-state index >= 15 is 0 Å². The third kappa shape index (κ3) is 4.46. The second kappa shape index (κ2) is 8.93. The lowest BCUT2D eigenvalue weighted by molar-refractivity contribution is 0.202. The molecule has 20 heavy (non-hydrogen) atoms. The van der Waals surface area contributed by atoms with Crippen LogP contribution in [0, 0.1) is 6.92 Å². The smallest absolute Gasteiger partial charge is 0.129 e. The van der Waals surface area contributed by atoms with Crippen molar-refractivity contribution in [2.45, 2.75) is 46.2 Å². The molecule has 0 aromatic carbocycles.